The number of imidazole rings is 1. The van der Waals surface area contributed by atoms with Crippen LogP contribution in [0, 0.1) is 0 Å². The summed E-state index contributed by atoms with van der Waals surface area (Å²) < 4.78 is 10.9. The Hall–Kier alpha value is -7.74. The van der Waals surface area contributed by atoms with Crippen molar-refractivity contribution in [3.8, 4) is 45.3 Å². The Morgan fingerprint density at radius 2 is 0.983 bits per heavy atom. The molecule has 5 aromatic heterocycles. The van der Waals surface area contributed by atoms with Crippen molar-refractivity contribution in [3.05, 3.63) is 176 Å². The number of hydrogen-bond donors (Lipinski definition) is 0. The van der Waals surface area contributed by atoms with Gasteiger partial charge in [0.25, 0.3) is 0 Å². The minimum atomic E-state index is 0.625. The molecule has 0 spiro atoms. The lowest BCUT2D eigenvalue weighted by molar-refractivity contribution is 0.669. The topological polar surface area (TPSA) is 69.1 Å². The zero-order chi connectivity index (χ0) is 38.6. The molecule has 274 valence electrons. The lowest BCUT2D eigenvalue weighted by Gasteiger charge is -2.11. The fourth-order valence-electron chi connectivity index (χ4n) is 8.83. The number of furan rings is 1. The maximum atomic E-state index is 6.12. The predicted octanol–water partition coefficient (Wildman–Crippen LogP) is 13.9. The SMILES string of the molecule is c1ccc(-c2nc(-c3ccc4sc5ccccc5c4c3)nc(-c3ccc4c(c3)c3ccccc3c3nc5cc(-c6ccc7oc8ccccc8c7c6)ccn5c43)n2)cc1. The molecule has 0 aliphatic carbocycles. The number of pyridine rings is 1. The number of rotatable bonds is 4. The van der Waals surface area contributed by atoms with Gasteiger partial charge in [-0.1, -0.05) is 109 Å². The molecule has 0 amide bonds. The van der Waals surface area contributed by atoms with Crippen molar-refractivity contribution in [2.45, 2.75) is 0 Å². The van der Waals surface area contributed by atoms with Crippen LogP contribution < -0.4 is 0 Å². The van der Waals surface area contributed by atoms with E-state index in [-0.39, 0.29) is 0 Å². The fraction of sp³-hybridized carbons (Fsp3) is 0. The summed E-state index contributed by atoms with van der Waals surface area (Å²) in [6.07, 6.45) is 2.15. The molecule has 0 unspecified atom stereocenters. The molecule has 8 aromatic carbocycles. The molecular weight excluding hydrogens is 743 g/mol. The number of benzene rings is 8. The normalized spacial score (nSPS) is 12.1. The van der Waals surface area contributed by atoms with Crippen LogP contribution in [0.2, 0.25) is 0 Å². The van der Waals surface area contributed by atoms with Crippen molar-refractivity contribution in [3.63, 3.8) is 0 Å². The van der Waals surface area contributed by atoms with E-state index in [0.29, 0.717) is 17.5 Å². The summed E-state index contributed by atoms with van der Waals surface area (Å²) in [6.45, 7) is 0. The number of thiophene rings is 1. The van der Waals surface area contributed by atoms with Gasteiger partial charge in [-0.05, 0) is 82.6 Å². The van der Waals surface area contributed by atoms with Crippen LogP contribution in [0.5, 0.6) is 0 Å². The third-order valence-corrected chi connectivity index (χ3v) is 12.8. The quantitative estimate of drug-likeness (QED) is 0.167. The highest BCUT2D eigenvalue weighted by Gasteiger charge is 2.19. The average molecular weight is 772 g/mol. The predicted molar refractivity (Wildman–Crippen MR) is 243 cm³/mol. The molecule has 0 fully saturated rings. The zero-order valence-corrected chi connectivity index (χ0v) is 32.1. The Morgan fingerprint density at radius 1 is 0.373 bits per heavy atom. The lowest BCUT2D eigenvalue weighted by Crippen LogP contribution is -2.00. The first kappa shape index (κ1) is 32.4. The standard InChI is InChI=1S/C52H29N5OS/c1-2-10-30(11-3-1)50-54-51(56-52(55-50)34-20-23-46-42(28-34)37-14-7-9-17-45(37)59-46)33-18-21-39-40(27-33)35-12-4-5-15-38(35)48-49(39)57-25-24-32(29-47(57)53-48)31-19-22-44-41(26-31)36-13-6-8-16-43(36)58-44/h1-29H. The van der Waals surface area contributed by atoms with Crippen molar-refractivity contribution in [1.29, 1.82) is 0 Å². The van der Waals surface area contributed by atoms with Crippen molar-refractivity contribution in [2.75, 3.05) is 0 Å². The maximum absolute atomic E-state index is 6.12. The number of hydrogen-bond acceptors (Lipinski definition) is 6. The first-order valence-electron chi connectivity index (χ1n) is 19.6. The first-order valence-corrected chi connectivity index (χ1v) is 20.4. The molecular formula is C52H29N5OS. The molecule has 5 heterocycles. The van der Waals surface area contributed by atoms with E-state index in [0.717, 1.165) is 88.0 Å². The monoisotopic (exact) mass is 771 g/mol. The number of aromatic nitrogens is 5. The molecule has 6 nitrogen and oxygen atoms in total. The molecule has 0 aliphatic rings. The van der Waals surface area contributed by atoms with E-state index >= 15 is 0 Å². The van der Waals surface area contributed by atoms with E-state index < -0.39 is 0 Å². The summed E-state index contributed by atoms with van der Waals surface area (Å²) in [7, 11) is 0. The molecule has 7 heteroatoms. The second-order valence-corrected chi connectivity index (χ2v) is 16.1. The van der Waals surface area contributed by atoms with Crippen LogP contribution in [0.25, 0.3) is 126 Å². The molecule has 13 rings (SSSR count). The fourth-order valence-corrected chi connectivity index (χ4v) is 9.91. The Kier molecular flexibility index (Phi) is 6.79. The van der Waals surface area contributed by atoms with Crippen molar-refractivity contribution < 1.29 is 4.42 Å². The molecule has 0 N–H and O–H groups in total. The van der Waals surface area contributed by atoms with Crippen LogP contribution in [0.1, 0.15) is 0 Å². The van der Waals surface area contributed by atoms with Crippen molar-refractivity contribution in [2.24, 2.45) is 0 Å². The molecule has 13 aromatic rings. The van der Waals surface area contributed by atoms with Gasteiger partial charge in [0.15, 0.2) is 17.5 Å². The Labute approximate surface area is 340 Å². The third-order valence-electron chi connectivity index (χ3n) is 11.6. The highest BCUT2D eigenvalue weighted by atomic mass is 32.1. The zero-order valence-electron chi connectivity index (χ0n) is 31.3. The number of para-hydroxylation sites is 1. The van der Waals surface area contributed by atoms with E-state index in [9.17, 15) is 0 Å². The Bertz CT molecular complexity index is 3860. The minimum Gasteiger partial charge on any atom is -0.456 e. The van der Waals surface area contributed by atoms with Crippen LogP contribution in [0.3, 0.4) is 0 Å². The van der Waals surface area contributed by atoms with Crippen molar-refractivity contribution in [1.82, 2.24) is 24.3 Å². The highest BCUT2D eigenvalue weighted by Crippen LogP contribution is 2.40. The second-order valence-electron chi connectivity index (χ2n) is 15.0. The van der Waals surface area contributed by atoms with E-state index in [1.54, 1.807) is 0 Å². The Balaban J connectivity index is 0.989. The van der Waals surface area contributed by atoms with Gasteiger partial charge in [-0.3, -0.25) is 4.40 Å². The van der Waals surface area contributed by atoms with Gasteiger partial charge < -0.3 is 4.42 Å². The Morgan fingerprint density at radius 3 is 1.83 bits per heavy atom. The third kappa shape index (κ3) is 4.98. The first-order chi connectivity index (χ1) is 29.2. The van der Waals surface area contributed by atoms with Gasteiger partial charge in [-0.2, -0.15) is 0 Å². The summed E-state index contributed by atoms with van der Waals surface area (Å²) in [4.78, 5) is 20.7. The van der Waals surface area contributed by atoms with Crippen LogP contribution >= 0.6 is 11.3 Å². The number of fused-ring (bicyclic) bond motifs is 14. The summed E-state index contributed by atoms with van der Waals surface area (Å²) in [5, 5.41) is 9.13. The van der Waals surface area contributed by atoms with Gasteiger partial charge in [0.2, 0.25) is 0 Å². The number of nitrogens with zero attached hydrogens (tertiary/aromatic N) is 5. The largest absolute Gasteiger partial charge is 0.456 e. The van der Waals surface area contributed by atoms with Gasteiger partial charge in [0.05, 0.1) is 11.0 Å². The van der Waals surface area contributed by atoms with E-state index in [1.165, 1.54) is 20.2 Å². The lowest BCUT2D eigenvalue weighted by atomic mass is 9.98. The summed E-state index contributed by atoms with van der Waals surface area (Å²) in [6, 6.07) is 59.4. The van der Waals surface area contributed by atoms with Crippen LogP contribution in [0.4, 0.5) is 0 Å². The van der Waals surface area contributed by atoms with Gasteiger partial charge >= 0.3 is 0 Å². The molecule has 0 aliphatic heterocycles. The average Bonchev–Trinajstić information content (AvgIpc) is 4.00. The van der Waals surface area contributed by atoms with Crippen LogP contribution in [-0.4, -0.2) is 24.3 Å². The second kappa shape index (κ2) is 12.4. The molecule has 0 bridgehead atoms. The van der Waals surface area contributed by atoms with Gasteiger partial charge in [-0.15, -0.1) is 11.3 Å². The van der Waals surface area contributed by atoms with Crippen LogP contribution in [0.15, 0.2) is 180 Å². The molecule has 0 saturated carbocycles. The highest BCUT2D eigenvalue weighted by molar-refractivity contribution is 7.25. The van der Waals surface area contributed by atoms with E-state index in [4.69, 9.17) is 24.4 Å². The summed E-state index contributed by atoms with van der Waals surface area (Å²) in [5.41, 5.74) is 9.75. The molecule has 0 atom stereocenters. The smallest absolute Gasteiger partial charge is 0.164 e. The molecule has 0 radical (unpaired) electrons. The maximum Gasteiger partial charge on any atom is 0.164 e. The molecule has 0 saturated heterocycles. The van der Waals surface area contributed by atoms with Crippen molar-refractivity contribution >= 4 is 91.7 Å². The van der Waals surface area contributed by atoms with Crippen LogP contribution in [-0.2, 0) is 0 Å². The minimum absolute atomic E-state index is 0.625. The summed E-state index contributed by atoms with van der Waals surface area (Å²) in [5.74, 6) is 1.91. The van der Waals surface area contributed by atoms with Gasteiger partial charge in [-0.25, -0.2) is 19.9 Å². The van der Waals surface area contributed by atoms with E-state index in [1.807, 2.05) is 41.7 Å². The summed E-state index contributed by atoms with van der Waals surface area (Å²) >= 11 is 1.81. The van der Waals surface area contributed by atoms with Gasteiger partial charge in [0, 0.05) is 64.6 Å². The molecule has 59 heavy (non-hydrogen) atoms. The van der Waals surface area contributed by atoms with E-state index in [2.05, 4.69) is 150 Å². The van der Waals surface area contributed by atoms with Gasteiger partial charge in [0.1, 0.15) is 16.8 Å².